The third-order valence-electron chi connectivity index (χ3n) is 5.02. The van der Waals surface area contributed by atoms with E-state index in [4.69, 9.17) is 4.74 Å². The number of fused-ring (bicyclic) bond motifs is 1. The molecule has 0 unspecified atom stereocenters. The zero-order valence-corrected chi connectivity index (χ0v) is 18.1. The molecule has 0 aliphatic rings. The Bertz CT molecular complexity index is 1480. The van der Waals surface area contributed by atoms with Crippen LogP contribution in [-0.4, -0.2) is 15.3 Å². The first-order valence-electron chi connectivity index (χ1n) is 10.2. The normalized spacial score (nSPS) is 11.1. The van der Waals surface area contributed by atoms with Crippen LogP contribution in [0.25, 0.3) is 11.7 Å². The molecule has 1 amide bonds. The van der Waals surface area contributed by atoms with Crippen LogP contribution in [0.15, 0.2) is 83.3 Å². The van der Waals surface area contributed by atoms with E-state index in [1.165, 1.54) is 10.5 Å². The summed E-state index contributed by atoms with van der Waals surface area (Å²) >= 11 is 0. The fourth-order valence-electron chi connectivity index (χ4n) is 3.20. The van der Waals surface area contributed by atoms with Crippen LogP contribution in [-0.2, 0) is 4.79 Å². The summed E-state index contributed by atoms with van der Waals surface area (Å²) in [5, 5.41) is 12.4. The number of hydrogen-bond acceptors (Lipinski definition) is 5. The highest BCUT2D eigenvalue weighted by Gasteiger charge is 2.18. The summed E-state index contributed by atoms with van der Waals surface area (Å²) in [4.78, 5) is 30.5. The van der Waals surface area contributed by atoms with Crippen LogP contribution < -0.4 is 15.6 Å². The van der Waals surface area contributed by atoms with Gasteiger partial charge in [-0.25, -0.2) is 0 Å². The maximum absolute atomic E-state index is 13.2. The van der Waals surface area contributed by atoms with Gasteiger partial charge in [-0.2, -0.15) is 10.2 Å². The van der Waals surface area contributed by atoms with Gasteiger partial charge in [0.25, 0.3) is 11.5 Å². The number of hydrogen-bond donors (Lipinski definition) is 1. The molecule has 162 valence electrons. The zero-order valence-electron chi connectivity index (χ0n) is 18.1. The van der Waals surface area contributed by atoms with Gasteiger partial charge < -0.3 is 10.1 Å². The summed E-state index contributed by atoms with van der Waals surface area (Å²) in [6.07, 6.45) is 2.78. The molecule has 7 heteroatoms. The fourth-order valence-corrected chi connectivity index (χ4v) is 3.20. The van der Waals surface area contributed by atoms with E-state index in [9.17, 15) is 14.9 Å². The third kappa shape index (κ3) is 4.65. The number of aromatic nitrogens is 2. The number of ether oxygens (including phenoxy) is 1. The molecule has 2 heterocycles. The van der Waals surface area contributed by atoms with E-state index in [1.807, 2.05) is 44.2 Å². The van der Waals surface area contributed by atoms with Gasteiger partial charge in [-0.15, -0.1) is 0 Å². The Morgan fingerprint density at radius 3 is 2.52 bits per heavy atom. The second kappa shape index (κ2) is 9.20. The van der Waals surface area contributed by atoms with Gasteiger partial charge in [-0.3, -0.25) is 14.0 Å². The number of carbonyl (C=O) groups excluding carboxylic acids is 1. The average Bonchev–Trinajstić information content (AvgIpc) is 2.82. The van der Waals surface area contributed by atoms with Gasteiger partial charge >= 0.3 is 0 Å². The second-order valence-electron chi connectivity index (χ2n) is 7.42. The maximum atomic E-state index is 13.2. The summed E-state index contributed by atoms with van der Waals surface area (Å²) in [7, 11) is 0. The Balaban J connectivity index is 1.81. The molecular formula is C26H20N4O3. The summed E-state index contributed by atoms with van der Waals surface area (Å²) in [6, 6.07) is 21.5. The first-order valence-corrected chi connectivity index (χ1v) is 10.2. The molecule has 0 bridgehead atoms. The lowest BCUT2D eigenvalue weighted by Crippen LogP contribution is -2.20. The molecule has 4 rings (SSSR count). The lowest BCUT2D eigenvalue weighted by atomic mass is 10.1. The Hall–Kier alpha value is -4.70. The zero-order chi connectivity index (χ0) is 23.4. The molecule has 0 fully saturated rings. The number of amides is 1. The Morgan fingerprint density at radius 1 is 1.06 bits per heavy atom. The van der Waals surface area contributed by atoms with E-state index in [0.29, 0.717) is 17.1 Å². The number of aryl methyl sites for hydroxylation is 2. The molecule has 33 heavy (non-hydrogen) atoms. The number of nitrogens with one attached hydrogen (secondary N) is 1. The number of nitriles is 1. The SMILES string of the molecule is Cc1ccc(Oc2nc3ccccn3c(=O)c2/C=C(\C#N)C(=O)Nc2ccccc2C)cc1. The van der Waals surface area contributed by atoms with E-state index in [0.717, 1.165) is 11.1 Å². The molecule has 0 spiro atoms. The van der Waals surface area contributed by atoms with Gasteiger partial charge in [0.15, 0.2) is 0 Å². The molecule has 0 radical (unpaired) electrons. The molecular weight excluding hydrogens is 416 g/mol. The fraction of sp³-hybridized carbons (Fsp3) is 0.0769. The standard InChI is InChI=1S/C26H20N4O3/c1-17-10-12-20(13-11-17)33-25-21(26(32)30-14-6-5-9-23(30)29-25)15-19(16-27)24(31)28-22-8-4-3-7-18(22)2/h3-15H,1-2H3,(H,28,31)/b19-15+. The van der Waals surface area contributed by atoms with Crippen molar-refractivity contribution in [1.82, 2.24) is 9.38 Å². The Labute approximate surface area is 190 Å². The van der Waals surface area contributed by atoms with Crippen molar-refractivity contribution in [3.8, 4) is 17.7 Å². The number of para-hydroxylation sites is 1. The summed E-state index contributed by atoms with van der Waals surface area (Å²) < 4.78 is 7.24. The van der Waals surface area contributed by atoms with Gasteiger partial charge in [0.1, 0.15) is 28.6 Å². The van der Waals surface area contributed by atoms with E-state index < -0.39 is 11.5 Å². The van der Waals surface area contributed by atoms with Gasteiger partial charge in [0.2, 0.25) is 5.88 Å². The number of rotatable bonds is 5. The molecule has 0 saturated heterocycles. The van der Waals surface area contributed by atoms with E-state index in [1.54, 1.807) is 48.7 Å². The van der Waals surface area contributed by atoms with E-state index in [-0.39, 0.29) is 17.0 Å². The highest BCUT2D eigenvalue weighted by atomic mass is 16.5. The van der Waals surface area contributed by atoms with Crippen molar-refractivity contribution in [1.29, 1.82) is 5.26 Å². The lowest BCUT2D eigenvalue weighted by Gasteiger charge is -2.11. The van der Waals surface area contributed by atoms with Gasteiger partial charge in [0.05, 0.1) is 0 Å². The quantitative estimate of drug-likeness (QED) is 0.363. The van der Waals surface area contributed by atoms with Crippen LogP contribution in [0.1, 0.15) is 16.7 Å². The first-order chi connectivity index (χ1) is 16.0. The van der Waals surface area contributed by atoms with Crippen LogP contribution in [0.4, 0.5) is 5.69 Å². The second-order valence-corrected chi connectivity index (χ2v) is 7.42. The average molecular weight is 436 g/mol. The summed E-state index contributed by atoms with van der Waals surface area (Å²) in [5.74, 6) is -0.151. The number of carbonyl (C=O) groups is 1. The van der Waals surface area contributed by atoms with Crippen molar-refractivity contribution < 1.29 is 9.53 Å². The van der Waals surface area contributed by atoms with Crippen LogP contribution >= 0.6 is 0 Å². The molecule has 2 aromatic carbocycles. The predicted molar refractivity (Wildman–Crippen MR) is 126 cm³/mol. The lowest BCUT2D eigenvalue weighted by molar-refractivity contribution is -0.112. The molecule has 7 nitrogen and oxygen atoms in total. The summed E-state index contributed by atoms with van der Waals surface area (Å²) in [6.45, 7) is 3.80. The molecule has 4 aromatic rings. The van der Waals surface area contributed by atoms with E-state index in [2.05, 4.69) is 10.3 Å². The Kier molecular flexibility index (Phi) is 6.00. The monoisotopic (exact) mass is 436 g/mol. The van der Waals surface area contributed by atoms with Crippen molar-refractivity contribution >= 4 is 23.3 Å². The van der Waals surface area contributed by atoms with Crippen molar-refractivity contribution in [2.75, 3.05) is 5.32 Å². The Morgan fingerprint density at radius 2 is 1.79 bits per heavy atom. The molecule has 0 saturated carbocycles. The van der Waals surface area contributed by atoms with Crippen LogP contribution in [0, 0.1) is 25.2 Å². The van der Waals surface area contributed by atoms with Crippen molar-refractivity contribution in [3.05, 3.63) is 106 Å². The van der Waals surface area contributed by atoms with Gasteiger partial charge in [-0.1, -0.05) is 42.0 Å². The minimum atomic E-state index is -0.634. The molecule has 2 aromatic heterocycles. The first kappa shape index (κ1) is 21.5. The molecule has 0 aliphatic carbocycles. The van der Waals surface area contributed by atoms with Gasteiger partial charge in [0, 0.05) is 11.9 Å². The van der Waals surface area contributed by atoms with Crippen LogP contribution in [0.3, 0.4) is 0 Å². The molecule has 1 N–H and O–H groups in total. The molecule has 0 atom stereocenters. The van der Waals surface area contributed by atoms with Crippen LogP contribution in [0.2, 0.25) is 0 Å². The van der Waals surface area contributed by atoms with Crippen molar-refractivity contribution in [2.24, 2.45) is 0 Å². The smallest absolute Gasteiger partial charge is 0.269 e. The molecule has 0 aliphatic heterocycles. The number of pyridine rings is 1. The van der Waals surface area contributed by atoms with Crippen LogP contribution in [0.5, 0.6) is 11.6 Å². The summed E-state index contributed by atoms with van der Waals surface area (Å²) in [5.41, 5.74) is 2.14. The predicted octanol–water partition coefficient (Wildman–Crippen LogP) is 4.65. The largest absolute Gasteiger partial charge is 0.438 e. The highest BCUT2D eigenvalue weighted by molar-refractivity contribution is 6.10. The topological polar surface area (TPSA) is 96.5 Å². The number of nitrogens with zero attached hydrogens (tertiary/aromatic N) is 3. The number of benzene rings is 2. The highest BCUT2D eigenvalue weighted by Crippen LogP contribution is 2.24. The van der Waals surface area contributed by atoms with E-state index >= 15 is 0 Å². The third-order valence-corrected chi connectivity index (χ3v) is 5.02. The van der Waals surface area contributed by atoms with Crippen molar-refractivity contribution in [2.45, 2.75) is 13.8 Å². The number of anilines is 1. The maximum Gasteiger partial charge on any atom is 0.269 e. The minimum absolute atomic E-state index is 0.00393. The van der Waals surface area contributed by atoms with Gasteiger partial charge in [-0.05, 0) is 55.8 Å². The van der Waals surface area contributed by atoms with Crippen molar-refractivity contribution in [3.63, 3.8) is 0 Å². The minimum Gasteiger partial charge on any atom is -0.438 e.